The van der Waals surface area contributed by atoms with Gasteiger partial charge in [0.2, 0.25) is 5.95 Å². The molecule has 0 radical (unpaired) electrons. The Morgan fingerprint density at radius 2 is 1.79 bits per heavy atom. The molecule has 2 aromatic rings. The van der Waals surface area contributed by atoms with Crippen molar-refractivity contribution in [3.8, 4) is 11.3 Å². The molecular weight excluding hydrogens is 306 g/mol. The van der Waals surface area contributed by atoms with E-state index in [9.17, 15) is 9.59 Å². The molecule has 0 spiro atoms. The molecular formula is C17H17N5O2. The smallest absolute Gasteiger partial charge is 0.252 e. The molecule has 2 amide bonds. The molecule has 2 unspecified atom stereocenters. The number of nitrogens with zero attached hydrogens (tertiary/aromatic N) is 4. The van der Waals surface area contributed by atoms with Gasteiger partial charge in [-0.05, 0) is 31.0 Å². The quantitative estimate of drug-likeness (QED) is 0.870. The number of carbonyl (C=O) groups excluding carboxylic acids is 2. The van der Waals surface area contributed by atoms with Crippen LogP contribution in [0, 0.1) is 11.8 Å². The Balaban J connectivity index is 1.57. The number of nitrogens with one attached hydrogen (secondary N) is 1. The topological polar surface area (TPSA) is 88.1 Å². The van der Waals surface area contributed by atoms with Crippen molar-refractivity contribution >= 4 is 17.8 Å². The Morgan fingerprint density at radius 1 is 1.04 bits per heavy atom. The van der Waals surface area contributed by atoms with Crippen LogP contribution in [-0.4, -0.2) is 31.8 Å². The molecule has 2 fully saturated rings. The second kappa shape index (κ2) is 5.99. The lowest BCUT2D eigenvalue weighted by atomic mass is 9.81. The number of amides is 2. The first-order valence-corrected chi connectivity index (χ1v) is 8.12. The van der Waals surface area contributed by atoms with Crippen LogP contribution in [0.15, 0.2) is 36.8 Å². The van der Waals surface area contributed by atoms with Gasteiger partial charge in [-0.3, -0.25) is 20.0 Å². The van der Waals surface area contributed by atoms with Gasteiger partial charge in [0.1, 0.15) is 0 Å². The van der Waals surface area contributed by atoms with Gasteiger partial charge in [-0.2, -0.15) is 5.01 Å². The first-order valence-electron chi connectivity index (χ1n) is 8.12. The van der Waals surface area contributed by atoms with E-state index < -0.39 is 0 Å². The summed E-state index contributed by atoms with van der Waals surface area (Å²) in [6, 6.07) is 5.47. The summed E-state index contributed by atoms with van der Waals surface area (Å²) < 4.78 is 0. The van der Waals surface area contributed by atoms with E-state index in [1.54, 1.807) is 24.7 Å². The second-order valence-corrected chi connectivity index (χ2v) is 6.13. The molecule has 3 heterocycles. The van der Waals surface area contributed by atoms with Gasteiger partial charge >= 0.3 is 0 Å². The third-order valence-corrected chi connectivity index (χ3v) is 4.67. The lowest BCUT2D eigenvalue weighted by Crippen LogP contribution is -2.37. The molecule has 7 nitrogen and oxygen atoms in total. The maximum absolute atomic E-state index is 12.5. The first kappa shape index (κ1) is 14.7. The van der Waals surface area contributed by atoms with Crippen molar-refractivity contribution in [2.75, 3.05) is 5.43 Å². The zero-order chi connectivity index (χ0) is 16.5. The van der Waals surface area contributed by atoms with Crippen molar-refractivity contribution in [2.24, 2.45) is 11.8 Å². The van der Waals surface area contributed by atoms with Crippen LogP contribution >= 0.6 is 0 Å². The third-order valence-electron chi connectivity index (χ3n) is 4.67. The Labute approximate surface area is 139 Å². The lowest BCUT2D eigenvalue weighted by Gasteiger charge is -2.19. The normalized spacial score (nSPS) is 23.2. The van der Waals surface area contributed by atoms with Crippen LogP contribution in [0.3, 0.4) is 0 Å². The summed E-state index contributed by atoms with van der Waals surface area (Å²) in [5.74, 6) is -0.489. The number of imide groups is 1. The van der Waals surface area contributed by atoms with E-state index in [-0.39, 0.29) is 29.6 Å². The number of carbonyl (C=O) groups is 2. The average molecular weight is 323 g/mol. The maximum Gasteiger partial charge on any atom is 0.252 e. The van der Waals surface area contributed by atoms with Gasteiger partial charge in [0.25, 0.3) is 11.8 Å². The van der Waals surface area contributed by atoms with Gasteiger partial charge in [0.15, 0.2) is 0 Å². The highest BCUT2D eigenvalue weighted by Gasteiger charge is 2.48. The highest BCUT2D eigenvalue weighted by molar-refractivity contribution is 6.06. The molecule has 1 saturated heterocycles. The fourth-order valence-corrected chi connectivity index (χ4v) is 3.46. The summed E-state index contributed by atoms with van der Waals surface area (Å²) in [7, 11) is 0. The van der Waals surface area contributed by atoms with Crippen molar-refractivity contribution < 1.29 is 9.59 Å². The van der Waals surface area contributed by atoms with Crippen molar-refractivity contribution in [1.29, 1.82) is 0 Å². The number of anilines is 1. The Bertz CT molecular complexity index is 756. The number of hydrazine groups is 1. The van der Waals surface area contributed by atoms with E-state index in [2.05, 4.69) is 20.4 Å². The van der Waals surface area contributed by atoms with Gasteiger partial charge in [-0.1, -0.05) is 12.8 Å². The third kappa shape index (κ3) is 2.51. The number of hydrogen-bond donors (Lipinski definition) is 1. The molecule has 4 rings (SSSR count). The van der Waals surface area contributed by atoms with Crippen molar-refractivity contribution in [2.45, 2.75) is 25.7 Å². The highest BCUT2D eigenvalue weighted by atomic mass is 16.2. The van der Waals surface area contributed by atoms with Crippen LogP contribution < -0.4 is 5.43 Å². The van der Waals surface area contributed by atoms with Gasteiger partial charge < -0.3 is 0 Å². The van der Waals surface area contributed by atoms with Gasteiger partial charge in [-0.25, -0.2) is 9.97 Å². The summed E-state index contributed by atoms with van der Waals surface area (Å²) in [5.41, 5.74) is 4.32. The molecule has 2 aliphatic rings. The molecule has 0 aromatic carbocycles. The number of aromatic nitrogens is 3. The number of pyridine rings is 1. The largest absolute Gasteiger partial charge is 0.272 e. The van der Waals surface area contributed by atoms with Crippen LogP contribution in [0.4, 0.5) is 5.95 Å². The monoisotopic (exact) mass is 323 g/mol. The van der Waals surface area contributed by atoms with Crippen molar-refractivity contribution in [1.82, 2.24) is 20.0 Å². The van der Waals surface area contributed by atoms with E-state index in [1.165, 1.54) is 0 Å². The Hall–Kier alpha value is -2.83. The van der Waals surface area contributed by atoms with Crippen LogP contribution in [0.5, 0.6) is 0 Å². The Morgan fingerprint density at radius 3 is 2.46 bits per heavy atom. The fraction of sp³-hybridized carbons (Fsp3) is 0.353. The highest BCUT2D eigenvalue weighted by Crippen LogP contribution is 2.37. The number of hydrogen-bond acceptors (Lipinski definition) is 6. The van der Waals surface area contributed by atoms with Crippen LogP contribution in [0.1, 0.15) is 25.7 Å². The van der Waals surface area contributed by atoms with Gasteiger partial charge in [-0.15, -0.1) is 0 Å². The second-order valence-electron chi connectivity index (χ2n) is 6.13. The summed E-state index contributed by atoms with van der Waals surface area (Å²) in [6.45, 7) is 0. The molecule has 1 aliphatic carbocycles. The predicted octanol–water partition coefficient (Wildman–Crippen LogP) is 2.04. The first-order chi connectivity index (χ1) is 11.7. The average Bonchev–Trinajstić information content (AvgIpc) is 2.88. The molecule has 2 atom stereocenters. The van der Waals surface area contributed by atoms with Crippen LogP contribution in [0.25, 0.3) is 11.3 Å². The fourth-order valence-electron chi connectivity index (χ4n) is 3.46. The van der Waals surface area contributed by atoms with E-state index >= 15 is 0 Å². The molecule has 7 heteroatoms. The minimum absolute atomic E-state index is 0.167. The van der Waals surface area contributed by atoms with Crippen LogP contribution in [-0.2, 0) is 9.59 Å². The molecule has 2 aromatic heterocycles. The van der Waals surface area contributed by atoms with E-state index in [0.717, 1.165) is 36.3 Å². The standard InChI is InChI=1S/C17H17N5O2/c23-15-12-5-1-2-6-13(12)16(24)22(15)21-17-19-9-7-14(20-17)11-4-3-8-18-10-11/h3-4,7-10,12-13H,1-2,5-6H2,(H,19,20,21). The SMILES string of the molecule is O=C1C2CCCCC2C(=O)N1Nc1nccc(-c2cccnc2)n1. The zero-order valence-corrected chi connectivity index (χ0v) is 13.1. The molecule has 1 saturated carbocycles. The lowest BCUT2D eigenvalue weighted by molar-refractivity contribution is -0.138. The van der Waals surface area contributed by atoms with Gasteiger partial charge in [0.05, 0.1) is 17.5 Å². The molecule has 24 heavy (non-hydrogen) atoms. The van der Waals surface area contributed by atoms with Crippen molar-refractivity contribution in [3.05, 3.63) is 36.8 Å². The summed E-state index contributed by atoms with van der Waals surface area (Å²) in [5, 5.41) is 1.10. The minimum atomic E-state index is -0.194. The van der Waals surface area contributed by atoms with E-state index in [4.69, 9.17) is 0 Å². The summed E-state index contributed by atoms with van der Waals surface area (Å²) >= 11 is 0. The van der Waals surface area contributed by atoms with E-state index in [0.29, 0.717) is 5.69 Å². The summed E-state index contributed by atoms with van der Waals surface area (Å²) in [6.07, 6.45) is 8.55. The minimum Gasteiger partial charge on any atom is -0.272 e. The maximum atomic E-state index is 12.5. The van der Waals surface area contributed by atoms with E-state index in [1.807, 2.05) is 12.1 Å². The summed E-state index contributed by atoms with van der Waals surface area (Å²) in [4.78, 5) is 37.6. The van der Waals surface area contributed by atoms with Crippen molar-refractivity contribution in [3.63, 3.8) is 0 Å². The molecule has 1 aliphatic heterocycles. The molecule has 1 N–H and O–H groups in total. The van der Waals surface area contributed by atoms with Gasteiger partial charge in [0, 0.05) is 24.2 Å². The predicted molar refractivity (Wildman–Crippen MR) is 86.2 cm³/mol. The number of rotatable bonds is 3. The number of fused-ring (bicyclic) bond motifs is 1. The molecule has 0 bridgehead atoms. The zero-order valence-electron chi connectivity index (χ0n) is 13.1. The Kier molecular flexibility index (Phi) is 3.68. The van der Waals surface area contributed by atoms with Crippen LogP contribution in [0.2, 0.25) is 0 Å². The molecule has 122 valence electrons.